The molecule has 3 heterocycles. The van der Waals surface area contributed by atoms with Gasteiger partial charge in [0.1, 0.15) is 27.3 Å². The number of thiazole rings is 1. The first-order chi connectivity index (χ1) is 17.5. The Kier molecular flexibility index (Phi) is 7.49. The van der Waals surface area contributed by atoms with E-state index in [-0.39, 0.29) is 15.7 Å². The molecule has 198 valence electrons. The third kappa shape index (κ3) is 5.43. The number of nitrogens with zero attached hydrogens (tertiary/aromatic N) is 5. The number of benzene rings is 1. The molecule has 1 aliphatic heterocycles. The van der Waals surface area contributed by atoms with E-state index < -0.39 is 34.7 Å². The number of hydrogen-bond acceptors (Lipinski definition) is 6. The van der Waals surface area contributed by atoms with Gasteiger partial charge in [-0.2, -0.15) is 5.10 Å². The van der Waals surface area contributed by atoms with Crippen LogP contribution in [-0.2, 0) is 7.05 Å². The second-order valence-corrected chi connectivity index (χ2v) is 10.9. The van der Waals surface area contributed by atoms with Gasteiger partial charge in [0.2, 0.25) is 0 Å². The molecule has 12 heteroatoms. The maximum atomic E-state index is 14.6. The zero-order valence-corrected chi connectivity index (χ0v) is 22.0. The lowest BCUT2D eigenvalue weighted by Crippen LogP contribution is -2.45. The molecule has 37 heavy (non-hydrogen) atoms. The van der Waals surface area contributed by atoms with E-state index in [1.807, 2.05) is 0 Å². The molecule has 1 saturated heterocycles. The van der Waals surface area contributed by atoms with Crippen molar-refractivity contribution in [3.05, 3.63) is 41.7 Å². The number of amides is 2. The summed E-state index contributed by atoms with van der Waals surface area (Å²) in [6, 6.07) is 3.39. The second-order valence-electron chi connectivity index (χ2n) is 9.92. The fraction of sp³-hybridized carbons (Fsp3) is 0.440. The van der Waals surface area contributed by atoms with Crippen LogP contribution >= 0.6 is 11.3 Å². The first-order valence-corrected chi connectivity index (χ1v) is 12.9. The van der Waals surface area contributed by atoms with E-state index in [1.54, 1.807) is 32.5 Å². The molecule has 1 fully saturated rings. The van der Waals surface area contributed by atoms with Gasteiger partial charge in [-0.1, -0.05) is 30.2 Å². The largest absolute Gasteiger partial charge is 0.465 e. The van der Waals surface area contributed by atoms with Crippen LogP contribution in [0, 0.1) is 11.6 Å². The highest BCUT2D eigenvalue weighted by Gasteiger charge is 2.35. The highest BCUT2D eigenvalue weighted by atomic mass is 32.1. The van der Waals surface area contributed by atoms with Gasteiger partial charge >= 0.3 is 6.09 Å². The molecule has 2 amide bonds. The molecule has 4 rings (SSSR count). The van der Waals surface area contributed by atoms with Crippen molar-refractivity contribution < 1.29 is 23.5 Å². The lowest BCUT2D eigenvalue weighted by Gasteiger charge is -2.32. The molecule has 0 radical (unpaired) electrons. The van der Waals surface area contributed by atoms with E-state index in [1.165, 1.54) is 12.3 Å². The monoisotopic (exact) mass is 532 g/mol. The fourth-order valence-electron chi connectivity index (χ4n) is 4.46. The summed E-state index contributed by atoms with van der Waals surface area (Å²) in [6.45, 7) is 6.61. The Balaban J connectivity index is 1.79. The Morgan fingerprint density at radius 1 is 1.11 bits per heavy atom. The first-order valence-electron chi connectivity index (χ1n) is 12.1. The van der Waals surface area contributed by atoms with Gasteiger partial charge in [-0.05, 0) is 45.7 Å². The number of carboxylic acid groups (broad SMARTS) is 1. The minimum absolute atomic E-state index is 0.0321. The van der Waals surface area contributed by atoms with Crippen LogP contribution in [0.4, 0.5) is 30.1 Å². The van der Waals surface area contributed by atoms with Crippen molar-refractivity contribution in [1.82, 2.24) is 14.8 Å². The SMILES string of the molecule is Cn1ncc(NC(=O)c2nc(-c3c(F)cccc3F)sc2N(C(=O)O)C(C)(C)C)c1N1CCCCCC1. The van der Waals surface area contributed by atoms with Crippen molar-refractivity contribution in [2.75, 3.05) is 28.2 Å². The summed E-state index contributed by atoms with van der Waals surface area (Å²) in [5, 5.41) is 17.0. The molecule has 1 aliphatic rings. The number of aromatic nitrogens is 3. The van der Waals surface area contributed by atoms with E-state index in [0.717, 1.165) is 73.0 Å². The number of hydrogen-bond donors (Lipinski definition) is 2. The molecule has 2 aromatic heterocycles. The molecule has 0 unspecified atom stereocenters. The van der Waals surface area contributed by atoms with Crippen LogP contribution in [0.2, 0.25) is 0 Å². The molecule has 1 aromatic carbocycles. The molecular formula is C25H30F2N6O3S. The summed E-state index contributed by atoms with van der Waals surface area (Å²) in [4.78, 5) is 33.3. The van der Waals surface area contributed by atoms with Crippen LogP contribution in [0.1, 0.15) is 56.9 Å². The number of carbonyl (C=O) groups is 2. The van der Waals surface area contributed by atoms with Crippen LogP contribution in [0.15, 0.2) is 24.4 Å². The predicted molar refractivity (Wildman–Crippen MR) is 140 cm³/mol. The van der Waals surface area contributed by atoms with Crippen LogP contribution in [0.3, 0.4) is 0 Å². The summed E-state index contributed by atoms with van der Waals surface area (Å²) >= 11 is 0.745. The van der Waals surface area contributed by atoms with Crippen molar-refractivity contribution in [2.24, 2.45) is 7.05 Å². The molecule has 0 spiro atoms. The molecule has 9 nitrogen and oxygen atoms in total. The summed E-state index contributed by atoms with van der Waals surface area (Å²) in [5.41, 5.74) is -1.18. The average Bonchev–Trinajstić information content (AvgIpc) is 3.25. The Morgan fingerprint density at radius 2 is 1.73 bits per heavy atom. The van der Waals surface area contributed by atoms with Gasteiger partial charge in [0, 0.05) is 25.7 Å². The van der Waals surface area contributed by atoms with Gasteiger partial charge in [-0.25, -0.2) is 18.6 Å². The maximum absolute atomic E-state index is 14.6. The third-order valence-electron chi connectivity index (χ3n) is 6.13. The fourth-order valence-corrected chi connectivity index (χ4v) is 5.75. The van der Waals surface area contributed by atoms with Crippen molar-refractivity contribution in [3.63, 3.8) is 0 Å². The highest BCUT2D eigenvalue weighted by molar-refractivity contribution is 7.19. The topological polar surface area (TPSA) is 104 Å². The summed E-state index contributed by atoms with van der Waals surface area (Å²) in [6.07, 6.45) is 4.51. The summed E-state index contributed by atoms with van der Waals surface area (Å²) in [5.74, 6) is -1.69. The summed E-state index contributed by atoms with van der Waals surface area (Å²) in [7, 11) is 1.79. The van der Waals surface area contributed by atoms with Crippen LogP contribution in [0.25, 0.3) is 10.6 Å². The van der Waals surface area contributed by atoms with Gasteiger partial charge < -0.3 is 15.3 Å². The third-order valence-corrected chi connectivity index (χ3v) is 7.19. The quantitative estimate of drug-likeness (QED) is 0.435. The van der Waals surface area contributed by atoms with E-state index in [0.29, 0.717) is 5.69 Å². The van der Waals surface area contributed by atoms with Gasteiger partial charge in [0.25, 0.3) is 5.91 Å². The van der Waals surface area contributed by atoms with Crippen LogP contribution < -0.4 is 15.1 Å². The van der Waals surface area contributed by atoms with Crippen molar-refractivity contribution in [2.45, 2.75) is 52.0 Å². The second kappa shape index (κ2) is 10.4. The smallest absolute Gasteiger partial charge is 0.413 e. The van der Waals surface area contributed by atoms with Gasteiger partial charge in [-0.3, -0.25) is 14.4 Å². The van der Waals surface area contributed by atoms with Gasteiger partial charge in [0.15, 0.2) is 11.5 Å². The Bertz CT molecular complexity index is 1290. The Hall–Kier alpha value is -3.54. The maximum Gasteiger partial charge on any atom is 0.413 e. The number of anilines is 3. The van der Waals surface area contributed by atoms with Crippen molar-refractivity contribution >= 4 is 39.8 Å². The first kappa shape index (κ1) is 26.5. The number of aryl methyl sites for hydroxylation is 1. The number of carbonyl (C=O) groups excluding carboxylic acids is 1. The highest BCUT2D eigenvalue weighted by Crippen LogP contribution is 2.40. The van der Waals surface area contributed by atoms with Crippen LogP contribution in [-0.4, -0.2) is 50.5 Å². The minimum Gasteiger partial charge on any atom is -0.465 e. The lowest BCUT2D eigenvalue weighted by atomic mass is 10.1. The molecule has 3 aromatic rings. The normalized spacial score (nSPS) is 14.4. The van der Waals surface area contributed by atoms with E-state index in [9.17, 15) is 23.5 Å². The van der Waals surface area contributed by atoms with Gasteiger partial charge in [0.05, 0.1) is 11.8 Å². The van der Waals surface area contributed by atoms with E-state index >= 15 is 0 Å². The van der Waals surface area contributed by atoms with Gasteiger partial charge in [-0.15, -0.1) is 0 Å². The van der Waals surface area contributed by atoms with Crippen LogP contribution in [0.5, 0.6) is 0 Å². The average molecular weight is 533 g/mol. The minimum atomic E-state index is -1.32. The predicted octanol–water partition coefficient (Wildman–Crippen LogP) is 5.74. The Labute approximate surface area is 217 Å². The Morgan fingerprint density at radius 3 is 2.30 bits per heavy atom. The molecule has 0 aliphatic carbocycles. The van der Waals surface area contributed by atoms with E-state index in [4.69, 9.17) is 0 Å². The number of nitrogens with one attached hydrogen (secondary N) is 1. The molecule has 0 atom stereocenters. The number of halogens is 2. The molecule has 2 N–H and O–H groups in total. The zero-order chi connectivity index (χ0) is 26.9. The molecule has 0 bridgehead atoms. The summed E-state index contributed by atoms with van der Waals surface area (Å²) < 4.78 is 30.9. The molecular weight excluding hydrogens is 502 g/mol. The van der Waals surface area contributed by atoms with Crippen molar-refractivity contribution in [1.29, 1.82) is 0 Å². The zero-order valence-electron chi connectivity index (χ0n) is 21.2. The molecule has 0 saturated carbocycles. The van der Waals surface area contributed by atoms with E-state index in [2.05, 4.69) is 20.3 Å². The van der Waals surface area contributed by atoms with Crippen molar-refractivity contribution in [3.8, 4) is 10.6 Å². The number of rotatable bonds is 5. The lowest BCUT2D eigenvalue weighted by molar-refractivity contribution is 0.102. The standard InChI is InChI=1S/C25H30F2N6O3S/c1-25(2,3)33(24(35)36)23-19(30-21(37-23)18-15(26)10-9-11-16(18)27)20(34)29-17-14-28-31(4)22(17)32-12-7-5-6-8-13-32/h9-11,14H,5-8,12-13H2,1-4H3,(H,29,34)(H,35,36).